The van der Waals surface area contributed by atoms with Crippen molar-refractivity contribution in [3.05, 3.63) is 29.3 Å². The van der Waals surface area contributed by atoms with Crippen molar-refractivity contribution in [3.63, 3.8) is 0 Å². The van der Waals surface area contributed by atoms with Crippen LogP contribution in [0.2, 0.25) is 0 Å². The Morgan fingerprint density at radius 3 is 2.41 bits per heavy atom. The van der Waals surface area contributed by atoms with Crippen LogP contribution in [0.25, 0.3) is 6.08 Å². The van der Waals surface area contributed by atoms with Crippen molar-refractivity contribution in [2.75, 3.05) is 7.11 Å². The van der Waals surface area contributed by atoms with E-state index in [2.05, 4.69) is 0 Å². The molecule has 90 valence electrons. The summed E-state index contributed by atoms with van der Waals surface area (Å²) in [5.74, 6) is -3.01. The van der Waals surface area contributed by atoms with E-state index in [1.807, 2.05) is 0 Å². The van der Waals surface area contributed by atoms with Crippen LogP contribution in [0.3, 0.4) is 0 Å². The number of carboxylic acid groups (broad SMARTS) is 2. The second-order valence-electron chi connectivity index (χ2n) is 3.10. The molecule has 0 atom stereocenters. The predicted octanol–water partition coefficient (Wildman–Crippen LogP) is 1.20. The minimum Gasteiger partial charge on any atom is -0.504 e. The van der Waals surface area contributed by atoms with E-state index in [0.717, 1.165) is 12.1 Å². The Balaban J connectivity index is 3.30. The Bertz CT molecular complexity index is 489. The molecule has 0 amide bonds. The number of carbonyl (C=O) groups is 2. The predicted molar refractivity (Wildman–Crippen MR) is 58.3 cm³/mol. The number of ether oxygens (including phenoxy) is 1. The van der Waals surface area contributed by atoms with Gasteiger partial charge in [0.05, 0.1) is 7.11 Å². The first-order valence-corrected chi connectivity index (χ1v) is 4.51. The number of benzene rings is 1. The lowest BCUT2D eigenvalue weighted by Crippen LogP contribution is -1.99. The molecular weight excluding hydrogens is 228 g/mol. The van der Waals surface area contributed by atoms with Gasteiger partial charge in [0.25, 0.3) is 0 Å². The van der Waals surface area contributed by atoms with Gasteiger partial charge in [0.2, 0.25) is 0 Å². The molecule has 6 heteroatoms. The molecule has 0 saturated heterocycles. The maximum atomic E-state index is 10.8. The quantitative estimate of drug-likeness (QED) is 0.681. The monoisotopic (exact) mass is 238 g/mol. The lowest BCUT2D eigenvalue weighted by atomic mass is 10.1. The van der Waals surface area contributed by atoms with Crippen LogP contribution in [-0.2, 0) is 4.79 Å². The maximum Gasteiger partial charge on any atom is 0.339 e. The van der Waals surface area contributed by atoms with Crippen molar-refractivity contribution in [1.29, 1.82) is 0 Å². The van der Waals surface area contributed by atoms with E-state index >= 15 is 0 Å². The lowest BCUT2D eigenvalue weighted by molar-refractivity contribution is -0.131. The van der Waals surface area contributed by atoms with Crippen LogP contribution in [0.5, 0.6) is 11.5 Å². The molecule has 6 nitrogen and oxygen atoms in total. The zero-order chi connectivity index (χ0) is 13.0. The van der Waals surface area contributed by atoms with E-state index in [9.17, 15) is 14.7 Å². The fourth-order valence-electron chi connectivity index (χ4n) is 1.21. The highest BCUT2D eigenvalue weighted by Gasteiger charge is 2.15. The lowest BCUT2D eigenvalue weighted by Gasteiger charge is -2.07. The van der Waals surface area contributed by atoms with Crippen LogP contribution < -0.4 is 4.74 Å². The zero-order valence-electron chi connectivity index (χ0n) is 8.88. The summed E-state index contributed by atoms with van der Waals surface area (Å²) in [4.78, 5) is 21.2. The molecule has 0 aromatic heterocycles. The molecule has 0 aliphatic heterocycles. The van der Waals surface area contributed by atoms with Gasteiger partial charge in [-0.1, -0.05) is 0 Å². The summed E-state index contributed by atoms with van der Waals surface area (Å²) >= 11 is 0. The van der Waals surface area contributed by atoms with Crippen molar-refractivity contribution >= 4 is 18.0 Å². The van der Waals surface area contributed by atoms with Gasteiger partial charge < -0.3 is 20.1 Å². The van der Waals surface area contributed by atoms with Gasteiger partial charge in [-0.25, -0.2) is 9.59 Å². The molecule has 1 rings (SSSR count). The van der Waals surface area contributed by atoms with Gasteiger partial charge >= 0.3 is 11.9 Å². The molecule has 1 aromatic carbocycles. The Kier molecular flexibility index (Phi) is 3.71. The van der Waals surface area contributed by atoms with E-state index in [1.165, 1.54) is 19.3 Å². The Labute approximate surface area is 96.4 Å². The third kappa shape index (κ3) is 2.97. The first kappa shape index (κ1) is 12.6. The number of rotatable bonds is 4. The Morgan fingerprint density at radius 1 is 1.29 bits per heavy atom. The molecule has 0 aliphatic carbocycles. The van der Waals surface area contributed by atoms with E-state index in [4.69, 9.17) is 14.9 Å². The second kappa shape index (κ2) is 5.02. The summed E-state index contributed by atoms with van der Waals surface area (Å²) in [7, 11) is 1.27. The number of aliphatic carboxylic acids is 1. The average Bonchev–Trinajstić information content (AvgIpc) is 2.27. The molecule has 0 spiro atoms. The van der Waals surface area contributed by atoms with Crippen molar-refractivity contribution in [1.82, 2.24) is 0 Å². The van der Waals surface area contributed by atoms with Crippen molar-refractivity contribution in [3.8, 4) is 11.5 Å². The van der Waals surface area contributed by atoms with Crippen LogP contribution in [0, 0.1) is 0 Å². The Morgan fingerprint density at radius 2 is 1.94 bits per heavy atom. The van der Waals surface area contributed by atoms with Crippen molar-refractivity contribution in [2.24, 2.45) is 0 Å². The molecule has 0 radical (unpaired) electrons. The number of aromatic carboxylic acids is 1. The van der Waals surface area contributed by atoms with E-state index in [0.29, 0.717) is 5.56 Å². The minimum atomic E-state index is -1.33. The number of hydrogen-bond acceptors (Lipinski definition) is 4. The van der Waals surface area contributed by atoms with Crippen LogP contribution in [0.1, 0.15) is 15.9 Å². The first-order chi connectivity index (χ1) is 7.95. The molecule has 3 N–H and O–H groups in total. The standard InChI is InChI=1S/C11H10O6/c1-17-8-5-6(2-3-9(12)13)4-7(10(8)14)11(15)16/h2-5,14H,1H3,(H,12,13)(H,15,16)/b3-2+. The van der Waals surface area contributed by atoms with Gasteiger partial charge in [-0.3, -0.25) is 0 Å². The van der Waals surface area contributed by atoms with Gasteiger partial charge in [-0.05, 0) is 23.8 Å². The fourth-order valence-corrected chi connectivity index (χ4v) is 1.21. The molecule has 0 bridgehead atoms. The number of carboxylic acids is 2. The first-order valence-electron chi connectivity index (χ1n) is 4.51. The average molecular weight is 238 g/mol. The van der Waals surface area contributed by atoms with Crippen LogP contribution in [0.4, 0.5) is 0 Å². The van der Waals surface area contributed by atoms with Crippen molar-refractivity contribution < 1.29 is 29.6 Å². The highest BCUT2D eigenvalue weighted by atomic mass is 16.5. The summed E-state index contributed by atoms with van der Waals surface area (Å²) in [6, 6.07) is 2.49. The van der Waals surface area contributed by atoms with E-state index in [-0.39, 0.29) is 11.3 Å². The summed E-state index contributed by atoms with van der Waals surface area (Å²) in [5, 5.41) is 26.8. The van der Waals surface area contributed by atoms with Crippen LogP contribution in [-0.4, -0.2) is 34.4 Å². The number of phenols is 1. The minimum absolute atomic E-state index is 0.0325. The summed E-state index contributed by atoms with van der Waals surface area (Å²) in [5.41, 5.74) is -0.0474. The molecule has 0 saturated carbocycles. The van der Waals surface area contributed by atoms with Gasteiger partial charge in [0.15, 0.2) is 11.5 Å². The summed E-state index contributed by atoms with van der Waals surface area (Å²) in [6.07, 6.45) is 2.06. The third-order valence-corrected chi connectivity index (χ3v) is 1.97. The number of methoxy groups -OCH3 is 1. The Hall–Kier alpha value is -2.50. The maximum absolute atomic E-state index is 10.8. The SMILES string of the molecule is COc1cc(/C=C/C(=O)O)cc(C(=O)O)c1O. The molecule has 0 aliphatic rings. The fraction of sp³-hybridized carbons (Fsp3) is 0.0909. The van der Waals surface area contributed by atoms with Crippen molar-refractivity contribution in [2.45, 2.75) is 0 Å². The van der Waals surface area contributed by atoms with Crippen LogP contribution in [0.15, 0.2) is 18.2 Å². The van der Waals surface area contributed by atoms with Gasteiger partial charge in [0, 0.05) is 6.08 Å². The highest BCUT2D eigenvalue weighted by Crippen LogP contribution is 2.31. The van der Waals surface area contributed by atoms with Crippen LogP contribution >= 0.6 is 0 Å². The molecule has 17 heavy (non-hydrogen) atoms. The second-order valence-corrected chi connectivity index (χ2v) is 3.10. The molecule has 0 unspecified atom stereocenters. The molecule has 0 heterocycles. The largest absolute Gasteiger partial charge is 0.504 e. The topological polar surface area (TPSA) is 104 Å². The normalized spacial score (nSPS) is 10.4. The number of aromatic hydroxyl groups is 1. The molecular formula is C11H10O6. The van der Waals surface area contributed by atoms with E-state index < -0.39 is 17.7 Å². The number of hydrogen-bond donors (Lipinski definition) is 3. The van der Waals surface area contributed by atoms with Gasteiger partial charge in [0.1, 0.15) is 5.56 Å². The molecule has 0 fully saturated rings. The summed E-state index contributed by atoms with van der Waals surface area (Å²) < 4.78 is 4.79. The third-order valence-electron chi connectivity index (χ3n) is 1.97. The zero-order valence-corrected chi connectivity index (χ0v) is 8.88. The van der Waals surface area contributed by atoms with E-state index in [1.54, 1.807) is 0 Å². The van der Waals surface area contributed by atoms with Gasteiger partial charge in [-0.2, -0.15) is 0 Å². The highest BCUT2D eigenvalue weighted by molar-refractivity contribution is 5.93. The van der Waals surface area contributed by atoms with Gasteiger partial charge in [-0.15, -0.1) is 0 Å². The summed E-state index contributed by atoms with van der Waals surface area (Å²) in [6.45, 7) is 0. The smallest absolute Gasteiger partial charge is 0.339 e. The molecule has 1 aromatic rings.